The van der Waals surface area contributed by atoms with Crippen molar-refractivity contribution in [3.8, 4) is 0 Å². The van der Waals surface area contributed by atoms with Gasteiger partial charge in [0.1, 0.15) is 0 Å². The molecule has 0 radical (unpaired) electrons. The molecule has 3 aromatic carbocycles. The molecule has 3 rings (SSSR count). The SMILES string of the molecule is O=C(CCc1ccccc1)[O][Al]([O]C(=O)CCc1ccccc1)[O]C(=O)CCc1ccccc1. The highest BCUT2D eigenvalue weighted by Gasteiger charge is 2.48. The third kappa shape index (κ3) is 9.62. The molecule has 174 valence electrons. The maximum atomic E-state index is 12.4. The largest absolute Gasteiger partial charge is 1.20 e. The van der Waals surface area contributed by atoms with Crippen molar-refractivity contribution in [1.29, 1.82) is 0 Å². The molecule has 0 unspecified atom stereocenters. The Balaban J connectivity index is 1.53. The molecule has 0 saturated heterocycles. The summed E-state index contributed by atoms with van der Waals surface area (Å²) in [6.45, 7) is 0. The molecule has 0 saturated carbocycles. The topological polar surface area (TPSA) is 78.9 Å². The molecule has 0 N–H and O–H groups in total. The Bertz CT molecular complexity index is 904. The van der Waals surface area contributed by atoms with Gasteiger partial charge in [0, 0.05) is 19.3 Å². The Labute approximate surface area is 204 Å². The molecule has 0 aromatic heterocycles. The minimum atomic E-state index is -3.33. The zero-order valence-electron chi connectivity index (χ0n) is 18.9. The van der Waals surface area contributed by atoms with E-state index in [1.807, 2.05) is 91.0 Å². The Morgan fingerprint density at radius 2 is 0.735 bits per heavy atom. The molecule has 34 heavy (non-hydrogen) atoms. The number of aryl methyl sites for hydroxylation is 3. The number of hydrogen-bond donors (Lipinski definition) is 0. The lowest BCUT2D eigenvalue weighted by molar-refractivity contribution is -0.147. The van der Waals surface area contributed by atoms with Crippen LogP contribution in [0.15, 0.2) is 91.0 Å². The smallest absolute Gasteiger partial charge is 0.551 e. The Morgan fingerprint density at radius 1 is 0.471 bits per heavy atom. The number of hydrogen-bond acceptors (Lipinski definition) is 6. The van der Waals surface area contributed by atoms with E-state index in [0.29, 0.717) is 19.3 Å². The first kappa shape index (κ1) is 25.2. The first-order valence-corrected chi connectivity index (χ1v) is 12.7. The molecule has 3 aromatic rings. The highest BCUT2D eigenvalue weighted by molar-refractivity contribution is 6.44. The van der Waals surface area contributed by atoms with Crippen molar-refractivity contribution in [3.05, 3.63) is 108 Å². The molecule has 0 fully saturated rings. The second kappa shape index (κ2) is 14.0. The van der Waals surface area contributed by atoms with Gasteiger partial charge < -0.3 is 11.4 Å². The van der Waals surface area contributed by atoms with Crippen LogP contribution in [0.25, 0.3) is 0 Å². The summed E-state index contributed by atoms with van der Waals surface area (Å²) in [5, 5.41) is 0. The first-order valence-electron chi connectivity index (χ1n) is 11.3. The van der Waals surface area contributed by atoms with Crippen molar-refractivity contribution >= 4 is 33.1 Å². The van der Waals surface area contributed by atoms with Crippen molar-refractivity contribution < 1.29 is 25.7 Å². The minimum absolute atomic E-state index is 0.0939. The Morgan fingerprint density at radius 3 is 1.00 bits per heavy atom. The van der Waals surface area contributed by atoms with E-state index in [1.54, 1.807) is 0 Å². The second-order valence-electron chi connectivity index (χ2n) is 7.72. The summed E-state index contributed by atoms with van der Waals surface area (Å²) >= 11 is -3.33. The van der Waals surface area contributed by atoms with Gasteiger partial charge in [-0.25, -0.2) is 0 Å². The summed E-state index contributed by atoms with van der Waals surface area (Å²) < 4.78 is 16.0. The predicted octanol–water partition coefficient (Wildman–Crippen LogP) is 4.50. The first-order chi connectivity index (χ1) is 16.6. The van der Waals surface area contributed by atoms with Gasteiger partial charge in [0.15, 0.2) is 0 Å². The van der Waals surface area contributed by atoms with E-state index < -0.39 is 33.1 Å². The Kier molecular flexibility index (Phi) is 10.4. The fraction of sp³-hybridized carbons (Fsp3) is 0.222. The van der Waals surface area contributed by atoms with Gasteiger partial charge in [0.25, 0.3) is 17.9 Å². The molecule has 0 atom stereocenters. The van der Waals surface area contributed by atoms with Crippen LogP contribution < -0.4 is 0 Å². The van der Waals surface area contributed by atoms with Crippen LogP contribution in [0.5, 0.6) is 0 Å². The predicted molar refractivity (Wildman–Crippen MR) is 128 cm³/mol. The average molecular weight is 474 g/mol. The lowest BCUT2D eigenvalue weighted by Gasteiger charge is -2.14. The lowest BCUT2D eigenvalue weighted by Crippen LogP contribution is -2.35. The van der Waals surface area contributed by atoms with Crippen LogP contribution in [0, 0.1) is 0 Å². The van der Waals surface area contributed by atoms with Crippen molar-refractivity contribution in [3.63, 3.8) is 0 Å². The molecule has 0 spiro atoms. The van der Waals surface area contributed by atoms with E-state index in [4.69, 9.17) is 11.4 Å². The van der Waals surface area contributed by atoms with Gasteiger partial charge >= 0.3 is 15.1 Å². The summed E-state index contributed by atoms with van der Waals surface area (Å²) in [4.78, 5) is 37.1. The molecule has 6 nitrogen and oxygen atoms in total. The number of carbonyl (C=O) groups is 3. The summed E-state index contributed by atoms with van der Waals surface area (Å²) in [7, 11) is 0. The highest BCUT2D eigenvalue weighted by atomic mass is 27.3. The fourth-order valence-electron chi connectivity index (χ4n) is 3.24. The summed E-state index contributed by atoms with van der Waals surface area (Å²) in [5.41, 5.74) is 2.95. The molecular formula is C27H27AlO6. The monoisotopic (exact) mass is 474 g/mol. The van der Waals surface area contributed by atoms with Crippen LogP contribution >= 0.6 is 0 Å². The van der Waals surface area contributed by atoms with Crippen LogP contribution in [-0.4, -0.2) is 33.1 Å². The van der Waals surface area contributed by atoms with Gasteiger partial charge in [0.2, 0.25) is 0 Å². The highest BCUT2D eigenvalue weighted by Crippen LogP contribution is 2.09. The normalized spacial score (nSPS) is 10.2. The Hall–Kier alpha value is -3.40. The van der Waals surface area contributed by atoms with E-state index in [2.05, 4.69) is 0 Å². The van der Waals surface area contributed by atoms with Crippen molar-refractivity contribution in [1.82, 2.24) is 0 Å². The maximum absolute atomic E-state index is 12.4. The third-order valence-electron chi connectivity index (χ3n) is 5.06. The van der Waals surface area contributed by atoms with Gasteiger partial charge in [-0.2, -0.15) is 0 Å². The van der Waals surface area contributed by atoms with E-state index in [1.165, 1.54) is 0 Å². The second-order valence-corrected chi connectivity index (χ2v) is 9.00. The van der Waals surface area contributed by atoms with Gasteiger partial charge in [-0.3, -0.25) is 14.4 Å². The van der Waals surface area contributed by atoms with Gasteiger partial charge in [-0.15, -0.1) is 0 Å². The molecule has 7 heteroatoms. The van der Waals surface area contributed by atoms with E-state index in [9.17, 15) is 14.4 Å². The molecule has 0 aliphatic rings. The molecule has 0 bridgehead atoms. The average Bonchev–Trinajstić information content (AvgIpc) is 2.87. The van der Waals surface area contributed by atoms with Crippen molar-refractivity contribution in [2.45, 2.75) is 38.5 Å². The number of carbonyl (C=O) groups excluding carboxylic acids is 3. The summed E-state index contributed by atoms with van der Waals surface area (Å²) in [5.74, 6) is -1.69. The molecule has 0 amide bonds. The van der Waals surface area contributed by atoms with Crippen LogP contribution in [0.4, 0.5) is 0 Å². The van der Waals surface area contributed by atoms with E-state index in [-0.39, 0.29) is 19.3 Å². The lowest BCUT2D eigenvalue weighted by atomic mass is 10.1. The molecule has 0 aliphatic carbocycles. The van der Waals surface area contributed by atoms with Crippen LogP contribution in [0.2, 0.25) is 0 Å². The zero-order chi connectivity index (χ0) is 24.0. The van der Waals surface area contributed by atoms with Gasteiger partial charge in [-0.1, -0.05) is 91.0 Å². The van der Waals surface area contributed by atoms with Gasteiger partial charge in [0.05, 0.1) is 0 Å². The third-order valence-corrected chi connectivity index (χ3v) is 6.43. The van der Waals surface area contributed by atoms with E-state index in [0.717, 1.165) is 16.7 Å². The van der Waals surface area contributed by atoms with Crippen molar-refractivity contribution in [2.24, 2.45) is 0 Å². The standard InChI is InChI=1S/3C9H10O2.Al/c3*10-9(11)7-6-8-4-2-1-3-5-8;/h3*1-5H,6-7H2,(H,10,11);/q;;;+3/p-3. The van der Waals surface area contributed by atoms with E-state index >= 15 is 0 Å². The summed E-state index contributed by atoms with van der Waals surface area (Å²) in [6, 6.07) is 28.5. The number of rotatable bonds is 12. The van der Waals surface area contributed by atoms with Crippen molar-refractivity contribution in [2.75, 3.05) is 0 Å². The van der Waals surface area contributed by atoms with Gasteiger partial charge in [-0.05, 0) is 36.0 Å². The quantitative estimate of drug-likeness (QED) is 0.360. The molecule has 0 heterocycles. The molecular weight excluding hydrogens is 447 g/mol. The maximum Gasteiger partial charge on any atom is 1.20 e. The minimum Gasteiger partial charge on any atom is -0.551 e. The zero-order valence-corrected chi connectivity index (χ0v) is 20.1. The number of benzene rings is 3. The van der Waals surface area contributed by atoms with Crippen LogP contribution in [-0.2, 0) is 45.0 Å². The van der Waals surface area contributed by atoms with Crippen LogP contribution in [0.3, 0.4) is 0 Å². The molecule has 0 aliphatic heterocycles. The summed E-state index contributed by atoms with van der Waals surface area (Å²) in [6.07, 6.45) is 1.71. The fourth-order valence-corrected chi connectivity index (χ4v) is 4.39. The van der Waals surface area contributed by atoms with Crippen LogP contribution in [0.1, 0.15) is 36.0 Å².